The second-order valence-electron chi connectivity index (χ2n) is 4.11. The number of hydrogen-bond donors (Lipinski definition) is 1. The third kappa shape index (κ3) is 1.58. The van der Waals surface area contributed by atoms with E-state index in [2.05, 4.69) is 5.32 Å². The Balaban J connectivity index is 2.01. The Hall–Kier alpha value is -1.13. The van der Waals surface area contributed by atoms with Gasteiger partial charge in [0.25, 0.3) is 0 Å². The zero-order valence-electron chi connectivity index (χ0n) is 8.96. The standard InChI is InChI=1S/C12H14FNO2/c13-9-2-1-8-3-5-16-12(8)11(9)10-7-14-4-6-15-10/h1-2,10,14H,3-7H2. The summed E-state index contributed by atoms with van der Waals surface area (Å²) in [5.74, 6) is 0.475. The van der Waals surface area contributed by atoms with Gasteiger partial charge in [-0.25, -0.2) is 4.39 Å². The van der Waals surface area contributed by atoms with Crippen molar-refractivity contribution in [2.24, 2.45) is 0 Å². The third-order valence-corrected chi connectivity index (χ3v) is 3.09. The SMILES string of the molecule is Fc1ccc2c(c1C1CNCCO1)OCC2. The van der Waals surface area contributed by atoms with Crippen molar-refractivity contribution in [1.29, 1.82) is 0 Å². The molecule has 0 saturated carbocycles. The van der Waals surface area contributed by atoms with Crippen LogP contribution in [0.5, 0.6) is 5.75 Å². The zero-order valence-corrected chi connectivity index (χ0v) is 8.96. The van der Waals surface area contributed by atoms with Crippen molar-refractivity contribution in [2.45, 2.75) is 12.5 Å². The van der Waals surface area contributed by atoms with E-state index in [1.54, 1.807) is 6.07 Å². The summed E-state index contributed by atoms with van der Waals surface area (Å²) in [5.41, 5.74) is 1.67. The van der Waals surface area contributed by atoms with Crippen LogP contribution in [0.4, 0.5) is 4.39 Å². The average Bonchev–Trinajstić information content (AvgIpc) is 2.78. The average molecular weight is 223 g/mol. The number of fused-ring (bicyclic) bond motifs is 1. The monoisotopic (exact) mass is 223 g/mol. The van der Waals surface area contributed by atoms with Crippen LogP contribution in [0.3, 0.4) is 0 Å². The van der Waals surface area contributed by atoms with E-state index >= 15 is 0 Å². The highest BCUT2D eigenvalue weighted by atomic mass is 19.1. The second kappa shape index (κ2) is 4.03. The maximum atomic E-state index is 13.8. The topological polar surface area (TPSA) is 30.5 Å². The minimum atomic E-state index is -0.227. The van der Waals surface area contributed by atoms with Crippen molar-refractivity contribution in [3.8, 4) is 5.75 Å². The molecule has 1 aromatic rings. The van der Waals surface area contributed by atoms with Gasteiger partial charge in [0.15, 0.2) is 0 Å². The molecule has 1 atom stereocenters. The smallest absolute Gasteiger partial charge is 0.132 e. The zero-order chi connectivity index (χ0) is 11.0. The van der Waals surface area contributed by atoms with Gasteiger partial charge in [0.2, 0.25) is 0 Å². The Morgan fingerprint density at radius 3 is 3.06 bits per heavy atom. The molecule has 1 fully saturated rings. The molecule has 0 aromatic heterocycles. The predicted molar refractivity (Wildman–Crippen MR) is 57.2 cm³/mol. The number of morpholine rings is 1. The molecule has 4 heteroatoms. The van der Waals surface area contributed by atoms with Gasteiger partial charge in [-0.15, -0.1) is 0 Å². The molecule has 2 aliphatic rings. The van der Waals surface area contributed by atoms with Crippen molar-refractivity contribution in [1.82, 2.24) is 5.32 Å². The largest absolute Gasteiger partial charge is 0.492 e. The van der Waals surface area contributed by atoms with Gasteiger partial charge >= 0.3 is 0 Å². The van der Waals surface area contributed by atoms with Crippen LogP contribution in [0.1, 0.15) is 17.2 Å². The van der Waals surface area contributed by atoms with E-state index in [1.807, 2.05) is 0 Å². The Kier molecular flexibility index (Phi) is 2.53. The summed E-state index contributed by atoms with van der Waals surface area (Å²) >= 11 is 0. The van der Waals surface area contributed by atoms with Gasteiger partial charge in [0, 0.05) is 19.5 Å². The van der Waals surface area contributed by atoms with Crippen molar-refractivity contribution in [2.75, 3.05) is 26.3 Å². The molecule has 0 bridgehead atoms. The van der Waals surface area contributed by atoms with Gasteiger partial charge in [-0.2, -0.15) is 0 Å². The van der Waals surface area contributed by atoms with Gasteiger partial charge in [-0.05, 0) is 11.6 Å². The van der Waals surface area contributed by atoms with Crippen molar-refractivity contribution >= 4 is 0 Å². The molecule has 1 saturated heterocycles. The molecule has 16 heavy (non-hydrogen) atoms. The predicted octanol–water partition coefficient (Wildman–Crippen LogP) is 1.42. The lowest BCUT2D eigenvalue weighted by atomic mass is 10.0. The van der Waals surface area contributed by atoms with Crippen LogP contribution in [0, 0.1) is 5.82 Å². The number of halogens is 1. The van der Waals surface area contributed by atoms with Crippen LogP contribution in [0.2, 0.25) is 0 Å². The molecule has 1 N–H and O–H groups in total. The van der Waals surface area contributed by atoms with Gasteiger partial charge in [0.05, 0.1) is 18.8 Å². The molecular formula is C12H14FNO2. The summed E-state index contributed by atoms with van der Waals surface area (Å²) in [6.07, 6.45) is 0.643. The van der Waals surface area contributed by atoms with E-state index < -0.39 is 0 Å². The molecule has 0 radical (unpaired) electrons. The minimum Gasteiger partial charge on any atom is -0.492 e. The van der Waals surface area contributed by atoms with Crippen molar-refractivity contribution in [3.63, 3.8) is 0 Å². The van der Waals surface area contributed by atoms with Gasteiger partial charge in [-0.1, -0.05) is 6.07 Å². The maximum Gasteiger partial charge on any atom is 0.132 e. The molecule has 0 aliphatic carbocycles. The van der Waals surface area contributed by atoms with E-state index in [9.17, 15) is 4.39 Å². The fourth-order valence-electron chi connectivity index (χ4n) is 2.30. The molecule has 86 valence electrons. The van der Waals surface area contributed by atoms with Crippen LogP contribution in [-0.4, -0.2) is 26.3 Å². The number of rotatable bonds is 1. The number of nitrogens with one attached hydrogen (secondary N) is 1. The van der Waals surface area contributed by atoms with Gasteiger partial charge in [0.1, 0.15) is 17.7 Å². The Labute approximate surface area is 93.6 Å². The minimum absolute atomic E-state index is 0.221. The third-order valence-electron chi connectivity index (χ3n) is 3.09. The fourth-order valence-corrected chi connectivity index (χ4v) is 2.30. The first-order valence-corrected chi connectivity index (χ1v) is 5.62. The number of hydrogen-bond acceptors (Lipinski definition) is 3. The van der Waals surface area contributed by atoms with Gasteiger partial charge in [-0.3, -0.25) is 0 Å². The van der Waals surface area contributed by atoms with Crippen molar-refractivity contribution in [3.05, 3.63) is 29.1 Å². The molecule has 1 unspecified atom stereocenters. The van der Waals surface area contributed by atoms with E-state index in [0.717, 1.165) is 18.5 Å². The highest BCUT2D eigenvalue weighted by Crippen LogP contribution is 2.37. The molecule has 1 aromatic carbocycles. The van der Waals surface area contributed by atoms with Crippen LogP contribution in [0.15, 0.2) is 12.1 Å². The number of benzene rings is 1. The number of ether oxygens (including phenoxy) is 2. The maximum absolute atomic E-state index is 13.8. The molecule has 2 heterocycles. The summed E-state index contributed by atoms with van der Waals surface area (Å²) in [6, 6.07) is 3.32. The lowest BCUT2D eigenvalue weighted by Gasteiger charge is -2.25. The van der Waals surface area contributed by atoms with Crippen molar-refractivity contribution < 1.29 is 13.9 Å². The first-order chi connectivity index (χ1) is 7.86. The van der Waals surface area contributed by atoms with Gasteiger partial charge < -0.3 is 14.8 Å². The molecule has 3 nitrogen and oxygen atoms in total. The summed E-state index contributed by atoms with van der Waals surface area (Å²) in [7, 11) is 0. The summed E-state index contributed by atoms with van der Waals surface area (Å²) in [6.45, 7) is 2.74. The lowest BCUT2D eigenvalue weighted by molar-refractivity contribution is 0.0240. The fraction of sp³-hybridized carbons (Fsp3) is 0.500. The molecular weight excluding hydrogens is 209 g/mol. The highest BCUT2D eigenvalue weighted by Gasteiger charge is 2.27. The molecule has 3 rings (SSSR count). The van der Waals surface area contributed by atoms with E-state index in [-0.39, 0.29) is 11.9 Å². The summed E-state index contributed by atoms with van der Waals surface area (Å²) < 4.78 is 24.9. The Bertz CT molecular complexity index is 402. The van der Waals surface area contributed by atoms with Crippen LogP contribution >= 0.6 is 0 Å². The Morgan fingerprint density at radius 2 is 2.25 bits per heavy atom. The summed E-state index contributed by atoms with van der Waals surface area (Å²) in [5, 5.41) is 3.20. The quantitative estimate of drug-likeness (QED) is 0.781. The molecule has 0 spiro atoms. The summed E-state index contributed by atoms with van der Waals surface area (Å²) in [4.78, 5) is 0. The van der Waals surface area contributed by atoms with E-state index in [0.29, 0.717) is 31.1 Å². The Morgan fingerprint density at radius 1 is 1.31 bits per heavy atom. The lowest BCUT2D eigenvalue weighted by Crippen LogP contribution is -2.34. The first kappa shape index (κ1) is 10.1. The normalized spacial score (nSPS) is 23.9. The van der Waals surface area contributed by atoms with Crippen LogP contribution in [0.25, 0.3) is 0 Å². The second-order valence-corrected chi connectivity index (χ2v) is 4.11. The van der Waals surface area contributed by atoms with Crippen LogP contribution in [-0.2, 0) is 11.2 Å². The molecule has 2 aliphatic heterocycles. The highest BCUT2D eigenvalue weighted by molar-refractivity contribution is 5.46. The first-order valence-electron chi connectivity index (χ1n) is 5.62. The van der Waals surface area contributed by atoms with Crippen LogP contribution < -0.4 is 10.1 Å². The van der Waals surface area contributed by atoms with E-state index in [1.165, 1.54) is 6.07 Å². The van der Waals surface area contributed by atoms with E-state index in [4.69, 9.17) is 9.47 Å². The molecule has 0 amide bonds.